The summed E-state index contributed by atoms with van der Waals surface area (Å²) in [7, 11) is -2.00. The van der Waals surface area contributed by atoms with Crippen LogP contribution in [0.2, 0.25) is 0 Å². The molecule has 0 amide bonds. The van der Waals surface area contributed by atoms with E-state index in [1.807, 2.05) is 0 Å². The highest BCUT2D eigenvalue weighted by Crippen LogP contribution is 2.13. The van der Waals surface area contributed by atoms with Crippen LogP contribution in [0.4, 0.5) is 0 Å². The summed E-state index contributed by atoms with van der Waals surface area (Å²) >= 11 is 0. The molecule has 0 spiro atoms. The fraction of sp³-hybridized carbons (Fsp3) is 1.00. The van der Waals surface area contributed by atoms with Crippen LogP contribution in [0.3, 0.4) is 0 Å². The summed E-state index contributed by atoms with van der Waals surface area (Å²) in [6.45, 7) is 2.26. The predicted molar refractivity (Wildman–Crippen MR) is 91.1 cm³/mol. The average molecular weight is 321 g/mol. The van der Waals surface area contributed by atoms with E-state index in [1.165, 1.54) is 77.7 Å². The van der Waals surface area contributed by atoms with Gasteiger partial charge in [0.2, 0.25) is 0 Å². The van der Waals surface area contributed by atoms with Gasteiger partial charge in [-0.2, -0.15) is 8.42 Å². The molecule has 21 heavy (non-hydrogen) atoms. The van der Waals surface area contributed by atoms with Crippen LogP contribution in [0, 0.1) is 0 Å². The van der Waals surface area contributed by atoms with Gasteiger partial charge in [-0.05, 0) is 6.42 Å². The molecule has 0 aliphatic carbocycles. The molecular weight excluding hydrogens is 284 g/mol. The van der Waals surface area contributed by atoms with E-state index in [1.54, 1.807) is 0 Å². The summed E-state index contributed by atoms with van der Waals surface area (Å²) < 4.78 is 26.6. The second-order valence-corrected chi connectivity index (χ2v) is 7.88. The molecule has 0 heterocycles. The van der Waals surface area contributed by atoms with E-state index in [0.717, 1.165) is 19.3 Å². The molecule has 0 aromatic rings. The van der Waals surface area contributed by atoms with Crippen molar-refractivity contribution in [2.75, 3.05) is 12.9 Å². The van der Waals surface area contributed by atoms with Crippen LogP contribution in [0.1, 0.15) is 96.8 Å². The minimum atomic E-state index is -3.24. The van der Waals surface area contributed by atoms with E-state index in [0.29, 0.717) is 0 Å². The summed E-state index contributed by atoms with van der Waals surface area (Å²) in [6, 6.07) is 0. The number of hydrogen-bond donors (Lipinski definition) is 0. The van der Waals surface area contributed by atoms with Crippen molar-refractivity contribution in [1.29, 1.82) is 0 Å². The minimum Gasteiger partial charge on any atom is -0.273 e. The van der Waals surface area contributed by atoms with E-state index in [9.17, 15) is 8.42 Å². The molecule has 0 unspecified atom stereocenters. The van der Waals surface area contributed by atoms with Crippen molar-refractivity contribution in [2.24, 2.45) is 0 Å². The lowest BCUT2D eigenvalue weighted by Gasteiger charge is -2.03. The van der Waals surface area contributed by atoms with Crippen molar-refractivity contribution in [3.63, 3.8) is 0 Å². The van der Waals surface area contributed by atoms with E-state index < -0.39 is 10.1 Å². The lowest BCUT2D eigenvalue weighted by molar-refractivity contribution is 0.396. The van der Waals surface area contributed by atoms with Crippen molar-refractivity contribution < 1.29 is 12.6 Å². The van der Waals surface area contributed by atoms with Crippen LogP contribution in [0.5, 0.6) is 0 Å². The molecule has 0 aromatic carbocycles. The number of rotatable bonds is 16. The van der Waals surface area contributed by atoms with Crippen LogP contribution in [0.15, 0.2) is 0 Å². The van der Waals surface area contributed by atoms with Crippen molar-refractivity contribution in [3.05, 3.63) is 0 Å². The first kappa shape index (κ1) is 20.9. The molecule has 0 aliphatic rings. The van der Waals surface area contributed by atoms with Crippen molar-refractivity contribution >= 4 is 10.1 Å². The molecule has 4 heteroatoms. The van der Waals surface area contributed by atoms with Gasteiger partial charge in [-0.15, -0.1) is 0 Å². The van der Waals surface area contributed by atoms with Crippen LogP contribution < -0.4 is 0 Å². The third kappa shape index (κ3) is 16.1. The van der Waals surface area contributed by atoms with E-state index in [4.69, 9.17) is 0 Å². The quantitative estimate of drug-likeness (QED) is 0.281. The van der Waals surface area contributed by atoms with Gasteiger partial charge in [0.05, 0.1) is 12.9 Å². The maximum atomic E-state index is 11.1. The predicted octanol–water partition coefficient (Wildman–Crippen LogP) is 5.44. The van der Waals surface area contributed by atoms with Crippen LogP contribution in [-0.4, -0.2) is 21.3 Å². The Hall–Kier alpha value is -0.0900. The van der Waals surface area contributed by atoms with Gasteiger partial charge < -0.3 is 0 Å². The van der Waals surface area contributed by atoms with Gasteiger partial charge in [0.25, 0.3) is 10.1 Å². The maximum absolute atomic E-state index is 11.1. The Morgan fingerprint density at radius 3 is 1.29 bits per heavy atom. The van der Waals surface area contributed by atoms with Gasteiger partial charge in [0, 0.05) is 0 Å². The summed E-state index contributed by atoms with van der Waals surface area (Å²) in [5.41, 5.74) is 0. The van der Waals surface area contributed by atoms with E-state index in [2.05, 4.69) is 11.1 Å². The standard InChI is InChI=1S/C17H36O3S/c1-3-4-5-6-7-8-9-10-11-12-13-14-15-16-17-21(18,19)20-2/h3-17H2,1-2H3. The smallest absolute Gasteiger partial charge is 0.267 e. The largest absolute Gasteiger partial charge is 0.273 e. The summed E-state index contributed by atoms with van der Waals surface area (Å²) in [5, 5.41) is 0. The second kappa shape index (κ2) is 14.8. The third-order valence-corrected chi connectivity index (χ3v) is 5.30. The Kier molecular flexibility index (Phi) is 14.8. The van der Waals surface area contributed by atoms with Gasteiger partial charge in [-0.25, -0.2) is 0 Å². The first-order chi connectivity index (χ1) is 10.1. The first-order valence-corrected chi connectivity index (χ1v) is 10.5. The molecule has 0 bridgehead atoms. The van der Waals surface area contributed by atoms with E-state index >= 15 is 0 Å². The summed E-state index contributed by atoms with van der Waals surface area (Å²) in [6.07, 6.45) is 17.9. The van der Waals surface area contributed by atoms with Crippen molar-refractivity contribution in [1.82, 2.24) is 0 Å². The summed E-state index contributed by atoms with van der Waals surface area (Å²) in [5.74, 6) is 0.168. The Morgan fingerprint density at radius 2 is 0.952 bits per heavy atom. The maximum Gasteiger partial charge on any atom is 0.267 e. The van der Waals surface area contributed by atoms with Crippen LogP contribution >= 0.6 is 0 Å². The molecule has 0 N–H and O–H groups in total. The zero-order valence-corrected chi connectivity index (χ0v) is 15.1. The molecule has 0 saturated carbocycles. The van der Waals surface area contributed by atoms with Crippen molar-refractivity contribution in [3.8, 4) is 0 Å². The molecule has 0 rings (SSSR count). The van der Waals surface area contributed by atoms with Gasteiger partial charge in [0.15, 0.2) is 0 Å². The SMILES string of the molecule is CCCCCCCCCCCCCCCCS(=O)(=O)OC. The second-order valence-electron chi connectivity index (χ2n) is 6.02. The topological polar surface area (TPSA) is 43.4 Å². The molecule has 0 radical (unpaired) electrons. The molecule has 0 saturated heterocycles. The van der Waals surface area contributed by atoms with Gasteiger partial charge in [0.1, 0.15) is 0 Å². The zero-order valence-electron chi connectivity index (χ0n) is 14.2. The highest BCUT2D eigenvalue weighted by atomic mass is 32.2. The normalized spacial score (nSPS) is 11.9. The van der Waals surface area contributed by atoms with Gasteiger partial charge >= 0.3 is 0 Å². The average Bonchev–Trinajstić information content (AvgIpc) is 2.47. The van der Waals surface area contributed by atoms with Crippen molar-refractivity contribution in [2.45, 2.75) is 96.8 Å². The Bertz CT molecular complexity index is 299. The third-order valence-electron chi connectivity index (χ3n) is 4.00. The van der Waals surface area contributed by atoms with Gasteiger partial charge in [-0.3, -0.25) is 4.18 Å². The molecule has 128 valence electrons. The Labute approximate surface area is 133 Å². The minimum absolute atomic E-state index is 0.168. The number of hydrogen-bond acceptors (Lipinski definition) is 3. The van der Waals surface area contributed by atoms with E-state index in [-0.39, 0.29) is 5.75 Å². The highest BCUT2D eigenvalue weighted by Gasteiger charge is 2.06. The highest BCUT2D eigenvalue weighted by molar-refractivity contribution is 7.86. The lowest BCUT2D eigenvalue weighted by Crippen LogP contribution is -2.07. The fourth-order valence-electron chi connectivity index (χ4n) is 2.56. The Balaban J connectivity index is 3.09. The summed E-state index contributed by atoms with van der Waals surface area (Å²) in [4.78, 5) is 0. The molecule has 0 atom stereocenters. The molecular formula is C17H36O3S. The Morgan fingerprint density at radius 1 is 0.619 bits per heavy atom. The van der Waals surface area contributed by atoms with Crippen LogP contribution in [0.25, 0.3) is 0 Å². The lowest BCUT2D eigenvalue weighted by atomic mass is 10.0. The first-order valence-electron chi connectivity index (χ1n) is 8.90. The van der Waals surface area contributed by atoms with Crippen LogP contribution in [-0.2, 0) is 14.3 Å². The zero-order chi connectivity index (χ0) is 15.8. The molecule has 0 aliphatic heterocycles. The fourth-order valence-corrected chi connectivity index (χ4v) is 3.28. The number of unbranched alkanes of at least 4 members (excludes halogenated alkanes) is 13. The monoisotopic (exact) mass is 320 g/mol. The molecule has 0 fully saturated rings. The molecule has 3 nitrogen and oxygen atoms in total. The molecule has 0 aromatic heterocycles. The van der Waals surface area contributed by atoms with Gasteiger partial charge in [-0.1, -0.05) is 90.4 Å².